The summed E-state index contributed by atoms with van der Waals surface area (Å²) in [5, 5.41) is 8.78. The average Bonchev–Trinajstić information content (AvgIpc) is 3.17. The number of nitrogens with zero attached hydrogens (tertiary/aromatic N) is 2. The molecule has 0 saturated carbocycles. The third kappa shape index (κ3) is 5.94. The van der Waals surface area contributed by atoms with Gasteiger partial charge in [-0.1, -0.05) is 81.4 Å². The Morgan fingerprint density at radius 1 is 1.09 bits per heavy atom. The molecule has 2 aromatic carbocycles. The summed E-state index contributed by atoms with van der Waals surface area (Å²) in [6.45, 7) is 7.03. The van der Waals surface area contributed by atoms with Crippen molar-refractivity contribution in [3.05, 3.63) is 71.8 Å². The number of thioether (sulfide) groups is 1. The SMILES string of the molecule is CC(C(=O)NC1=NN(C(=O)C(C)(C)C)C(c2ccccc2)(C(N)CS(C)(=O)=O)S1)c1ccccc1. The van der Waals surface area contributed by atoms with Crippen molar-refractivity contribution in [2.24, 2.45) is 16.3 Å². The molecule has 35 heavy (non-hydrogen) atoms. The van der Waals surface area contributed by atoms with Crippen LogP contribution in [0, 0.1) is 5.41 Å². The molecule has 188 valence electrons. The predicted octanol–water partition coefficient (Wildman–Crippen LogP) is 3.02. The minimum absolute atomic E-state index is 0.184. The number of rotatable bonds is 6. The van der Waals surface area contributed by atoms with Crippen LogP contribution in [0.25, 0.3) is 0 Å². The van der Waals surface area contributed by atoms with Crippen LogP contribution in [-0.4, -0.2) is 48.5 Å². The minimum Gasteiger partial charge on any atom is -0.324 e. The molecule has 3 N–H and O–H groups in total. The lowest BCUT2D eigenvalue weighted by Crippen LogP contribution is -2.57. The van der Waals surface area contributed by atoms with E-state index in [-0.39, 0.29) is 22.7 Å². The number of benzene rings is 2. The first-order chi connectivity index (χ1) is 16.3. The molecule has 1 heterocycles. The Morgan fingerprint density at radius 3 is 2.14 bits per heavy atom. The van der Waals surface area contributed by atoms with Gasteiger partial charge in [0.1, 0.15) is 9.84 Å². The monoisotopic (exact) mass is 516 g/mol. The van der Waals surface area contributed by atoms with Crippen LogP contribution in [0.5, 0.6) is 0 Å². The highest BCUT2D eigenvalue weighted by atomic mass is 32.2. The summed E-state index contributed by atoms with van der Waals surface area (Å²) in [6, 6.07) is 17.2. The van der Waals surface area contributed by atoms with Crippen molar-refractivity contribution in [1.82, 2.24) is 10.3 Å². The zero-order valence-electron chi connectivity index (χ0n) is 20.6. The number of hydrogen-bond acceptors (Lipinski definition) is 7. The Morgan fingerprint density at radius 2 is 1.63 bits per heavy atom. The molecule has 8 nitrogen and oxygen atoms in total. The van der Waals surface area contributed by atoms with Crippen molar-refractivity contribution in [1.29, 1.82) is 0 Å². The topological polar surface area (TPSA) is 122 Å². The number of sulfone groups is 1. The van der Waals surface area contributed by atoms with Crippen molar-refractivity contribution in [3.8, 4) is 0 Å². The van der Waals surface area contributed by atoms with Crippen LogP contribution < -0.4 is 11.1 Å². The van der Waals surface area contributed by atoms with E-state index in [4.69, 9.17) is 5.73 Å². The summed E-state index contributed by atoms with van der Waals surface area (Å²) in [5.41, 5.74) is 7.17. The summed E-state index contributed by atoms with van der Waals surface area (Å²) in [5.74, 6) is -1.49. The smallest absolute Gasteiger partial charge is 0.249 e. The maximum absolute atomic E-state index is 13.6. The summed E-state index contributed by atoms with van der Waals surface area (Å²) in [7, 11) is -3.50. The molecule has 1 aliphatic rings. The second-order valence-electron chi connectivity index (χ2n) is 9.76. The second kappa shape index (κ2) is 10.1. The first-order valence-corrected chi connectivity index (χ1v) is 14.1. The number of amidine groups is 1. The number of nitrogens with one attached hydrogen (secondary N) is 1. The summed E-state index contributed by atoms with van der Waals surface area (Å²) in [6.07, 6.45) is 1.10. The van der Waals surface area contributed by atoms with Gasteiger partial charge in [-0.15, -0.1) is 5.10 Å². The summed E-state index contributed by atoms with van der Waals surface area (Å²) >= 11 is 1.09. The number of hydrazone groups is 1. The van der Waals surface area contributed by atoms with E-state index in [1.54, 1.807) is 52.0 Å². The van der Waals surface area contributed by atoms with E-state index in [1.807, 2.05) is 36.4 Å². The maximum Gasteiger partial charge on any atom is 0.249 e. The van der Waals surface area contributed by atoms with Gasteiger partial charge in [0.05, 0.1) is 17.7 Å². The largest absolute Gasteiger partial charge is 0.324 e. The Kier molecular flexibility index (Phi) is 7.78. The quantitative estimate of drug-likeness (QED) is 0.609. The Bertz CT molecular complexity index is 1210. The van der Waals surface area contributed by atoms with Crippen LogP contribution in [0.2, 0.25) is 0 Å². The third-order valence-corrected chi connectivity index (χ3v) is 8.05. The van der Waals surface area contributed by atoms with Crippen LogP contribution in [0.3, 0.4) is 0 Å². The molecular formula is C25H32N4O4S2. The molecular weight excluding hydrogens is 484 g/mol. The zero-order valence-corrected chi connectivity index (χ0v) is 22.2. The van der Waals surface area contributed by atoms with Crippen molar-refractivity contribution in [3.63, 3.8) is 0 Å². The molecule has 0 spiro atoms. The van der Waals surface area contributed by atoms with E-state index < -0.39 is 32.1 Å². The average molecular weight is 517 g/mol. The van der Waals surface area contributed by atoms with Gasteiger partial charge in [-0.25, -0.2) is 13.4 Å². The minimum atomic E-state index is -3.50. The van der Waals surface area contributed by atoms with Crippen molar-refractivity contribution in [2.75, 3.05) is 12.0 Å². The van der Waals surface area contributed by atoms with Crippen molar-refractivity contribution >= 4 is 38.6 Å². The van der Waals surface area contributed by atoms with Crippen LogP contribution >= 0.6 is 11.8 Å². The van der Waals surface area contributed by atoms with Gasteiger partial charge in [0.25, 0.3) is 0 Å². The van der Waals surface area contributed by atoms with Gasteiger partial charge < -0.3 is 11.1 Å². The van der Waals surface area contributed by atoms with Gasteiger partial charge in [0.2, 0.25) is 11.8 Å². The number of nitrogens with two attached hydrogens (primary N) is 1. The van der Waals surface area contributed by atoms with Gasteiger partial charge in [-0.2, -0.15) is 0 Å². The van der Waals surface area contributed by atoms with Gasteiger partial charge in [0.15, 0.2) is 10.0 Å². The molecule has 0 bridgehead atoms. The van der Waals surface area contributed by atoms with Crippen LogP contribution in [0.1, 0.15) is 44.7 Å². The molecule has 0 fully saturated rings. The van der Waals surface area contributed by atoms with E-state index >= 15 is 0 Å². The summed E-state index contributed by atoms with van der Waals surface area (Å²) < 4.78 is 24.5. The van der Waals surface area contributed by atoms with Crippen molar-refractivity contribution in [2.45, 2.75) is 44.5 Å². The zero-order chi connectivity index (χ0) is 26.0. The van der Waals surface area contributed by atoms with Crippen LogP contribution in [-0.2, 0) is 24.3 Å². The molecule has 0 aromatic heterocycles. The molecule has 10 heteroatoms. The molecule has 2 aromatic rings. The third-order valence-electron chi connectivity index (χ3n) is 5.69. The van der Waals surface area contributed by atoms with E-state index in [1.165, 1.54) is 5.01 Å². The number of hydrogen-bond donors (Lipinski definition) is 2. The molecule has 0 aliphatic carbocycles. The molecule has 3 unspecified atom stereocenters. The van der Waals surface area contributed by atoms with E-state index in [9.17, 15) is 18.0 Å². The second-order valence-corrected chi connectivity index (χ2v) is 13.2. The normalized spacial score (nSPS) is 20.2. The highest BCUT2D eigenvalue weighted by Gasteiger charge is 2.55. The van der Waals surface area contributed by atoms with E-state index in [2.05, 4.69) is 10.4 Å². The van der Waals surface area contributed by atoms with E-state index in [0.717, 1.165) is 23.6 Å². The van der Waals surface area contributed by atoms with Gasteiger partial charge in [-0.05, 0) is 29.8 Å². The molecule has 1 aliphatic heterocycles. The molecule has 0 radical (unpaired) electrons. The lowest BCUT2D eigenvalue weighted by atomic mass is 9.92. The lowest BCUT2D eigenvalue weighted by molar-refractivity contribution is -0.143. The fourth-order valence-electron chi connectivity index (χ4n) is 3.79. The number of amides is 2. The molecule has 0 saturated heterocycles. The highest BCUT2D eigenvalue weighted by Crippen LogP contribution is 2.49. The van der Waals surface area contributed by atoms with Gasteiger partial charge >= 0.3 is 0 Å². The van der Waals surface area contributed by atoms with Gasteiger partial charge in [-0.3, -0.25) is 9.59 Å². The first kappa shape index (κ1) is 26.9. The van der Waals surface area contributed by atoms with Crippen LogP contribution in [0.4, 0.5) is 0 Å². The number of carbonyl (C=O) groups is 2. The molecule has 2 amide bonds. The molecule has 3 atom stereocenters. The fourth-order valence-corrected chi connectivity index (χ4v) is 6.06. The predicted molar refractivity (Wildman–Crippen MR) is 140 cm³/mol. The Hall–Kier alpha value is -2.69. The first-order valence-electron chi connectivity index (χ1n) is 11.2. The van der Waals surface area contributed by atoms with Gasteiger partial charge in [0, 0.05) is 11.7 Å². The van der Waals surface area contributed by atoms with E-state index in [0.29, 0.717) is 5.56 Å². The standard InChI is InChI=1S/C25H32N4O4S2/c1-17(18-12-8-6-9-13-18)21(30)27-23-28-29(22(31)24(2,3)4)25(34-23,19-14-10-7-11-15-19)20(26)16-35(5,32)33/h6-15,17,20H,16,26H2,1-5H3,(H,27,28,30). The lowest BCUT2D eigenvalue weighted by Gasteiger charge is -2.41. The Labute approximate surface area is 211 Å². The molecule has 3 rings (SSSR count). The Balaban J connectivity index is 2.07. The highest BCUT2D eigenvalue weighted by molar-refractivity contribution is 8.15. The summed E-state index contributed by atoms with van der Waals surface area (Å²) in [4.78, 5) is 25.3. The van der Waals surface area contributed by atoms with Crippen LogP contribution in [0.15, 0.2) is 65.8 Å². The van der Waals surface area contributed by atoms with Crippen molar-refractivity contribution < 1.29 is 18.0 Å². The maximum atomic E-state index is 13.6. The number of carbonyl (C=O) groups excluding carboxylic acids is 2. The fraction of sp³-hybridized carbons (Fsp3) is 0.400.